The molecular weight excluding hydrogens is 277 g/mol. The lowest BCUT2D eigenvalue weighted by Gasteiger charge is -2.05. The summed E-state index contributed by atoms with van der Waals surface area (Å²) in [6.45, 7) is 0. The zero-order valence-corrected chi connectivity index (χ0v) is 10.9. The molecule has 0 aliphatic carbocycles. The van der Waals surface area contributed by atoms with Crippen LogP contribution in [0.25, 0.3) is 5.57 Å². The van der Waals surface area contributed by atoms with E-state index in [1.165, 1.54) is 25.4 Å². The van der Waals surface area contributed by atoms with E-state index in [4.69, 9.17) is 5.26 Å². The minimum atomic E-state index is -0.627. The van der Waals surface area contributed by atoms with Gasteiger partial charge in [0.25, 0.3) is 5.91 Å². The molecule has 0 unspecified atom stereocenters. The number of amides is 1. The SMILES string of the molecule is CNC(=O)c1ccc(NC=C(C#N)c2nn[nH]n2)c(F)c1. The predicted octanol–water partition coefficient (Wildman–Crippen LogP) is 0.675. The summed E-state index contributed by atoms with van der Waals surface area (Å²) in [4.78, 5) is 11.4. The molecule has 1 amide bonds. The molecule has 0 saturated heterocycles. The number of hydrogen-bond acceptors (Lipinski definition) is 6. The Morgan fingerprint density at radius 3 is 2.90 bits per heavy atom. The third-order valence-electron chi connectivity index (χ3n) is 2.54. The zero-order valence-electron chi connectivity index (χ0n) is 10.9. The molecule has 0 fully saturated rings. The maximum absolute atomic E-state index is 13.8. The Bertz CT molecular complexity index is 718. The van der Waals surface area contributed by atoms with Crippen LogP contribution in [0.3, 0.4) is 0 Å². The van der Waals surface area contributed by atoms with Gasteiger partial charge in [-0.3, -0.25) is 4.79 Å². The van der Waals surface area contributed by atoms with E-state index in [2.05, 4.69) is 31.3 Å². The Balaban J connectivity index is 2.21. The van der Waals surface area contributed by atoms with E-state index in [0.717, 1.165) is 6.07 Å². The summed E-state index contributed by atoms with van der Waals surface area (Å²) in [7, 11) is 1.46. The fourth-order valence-corrected chi connectivity index (χ4v) is 1.49. The molecule has 9 heteroatoms. The van der Waals surface area contributed by atoms with E-state index in [-0.39, 0.29) is 28.6 Å². The maximum atomic E-state index is 13.8. The molecule has 0 aliphatic heterocycles. The fourth-order valence-electron chi connectivity index (χ4n) is 1.49. The second-order valence-corrected chi connectivity index (χ2v) is 3.82. The Labute approximate surface area is 118 Å². The van der Waals surface area contributed by atoms with Crippen LogP contribution in [-0.4, -0.2) is 33.6 Å². The van der Waals surface area contributed by atoms with Crippen molar-refractivity contribution in [3.63, 3.8) is 0 Å². The molecule has 2 aromatic rings. The molecule has 0 radical (unpaired) electrons. The quantitative estimate of drug-likeness (QED) is 0.711. The summed E-state index contributed by atoms with van der Waals surface area (Å²) in [5.74, 6) is -0.925. The van der Waals surface area contributed by atoms with Crippen LogP contribution < -0.4 is 10.6 Å². The molecule has 0 saturated carbocycles. The number of carbonyl (C=O) groups is 1. The molecule has 106 valence electrons. The molecule has 0 spiro atoms. The number of carbonyl (C=O) groups excluding carboxylic acids is 1. The number of aromatic amines is 1. The van der Waals surface area contributed by atoms with Crippen LogP contribution in [0.5, 0.6) is 0 Å². The summed E-state index contributed by atoms with van der Waals surface area (Å²) >= 11 is 0. The number of rotatable bonds is 4. The molecule has 0 aliphatic rings. The maximum Gasteiger partial charge on any atom is 0.251 e. The molecule has 1 aromatic heterocycles. The number of nitriles is 1. The smallest absolute Gasteiger partial charge is 0.251 e. The average molecular weight is 287 g/mol. The van der Waals surface area contributed by atoms with Gasteiger partial charge in [-0.15, -0.1) is 10.2 Å². The van der Waals surface area contributed by atoms with Crippen LogP contribution in [0.2, 0.25) is 0 Å². The minimum absolute atomic E-state index is 0.0820. The number of H-pyrrole nitrogens is 1. The highest BCUT2D eigenvalue weighted by atomic mass is 19.1. The molecule has 2 rings (SSSR count). The van der Waals surface area contributed by atoms with Crippen molar-refractivity contribution in [3.8, 4) is 6.07 Å². The molecule has 3 N–H and O–H groups in total. The molecule has 0 atom stereocenters. The Morgan fingerprint density at radius 2 is 2.33 bits per heavy atom. The first-order valence-corrected chi connectivity index (χ1v) is 5.78. The zero-order chi connectivity index (χ0) is 15.2. The molecule has 1 heterocycles. The van der Waals surface area contributed by atoms with Crippen molar-refractivity contribution in [2.45, 2.75) is 0 Å². The number of nitrogens with zero attached hydrogens (tertiary/aromatic N) is 4. The van der Waals surface area contributed by atoms with Gasteiger partial charge >= 0.3 is 0 Å². The van der Waals surface area contributed by atoms with Gasteiger partial charge in [-0.2, -0.15) is 10.5 Å². The molecule has 21 heavy (non-hydrogen) atoms. The standard InChI is InChI=1S/C12H10FN7O/c1-15-12(21)7-2-3-10(9(13)4-7)16-6-8(5-14)11-17-19-20-18-11/h2-4,6,16H,1H3,(H,15,21)(H,17,18,19,20). The number of halogens is 1. The van der Waals surface area contributed by atoms with Crippen LogP contribution in [0.15, 0.2) is 24.4 Å². The van der Waals surface area contributed by atoms with Crippen LogP contribution in [-0.2, 0) is 0 Å². The highest BCUT2D eigenvalue weighted by Crippen LogP contribution is 2.17. The predicted molar refractivity (Wildman–Crippen MR) is 71.2 cm³/mol. The van der Waals surface area contributed by atoms with Crippen molar-refractivity contribution in [2.75, 3.05) is 12.4 Å². The summed E-state index contributed by atoms with van der Waals surface area (Å²) in [5, 5.41) is 26.8. The number of benzene rings is 1. The van der Waals surface area contributed by atoms with Gasteiger partial charge in [-0.25, -0.2) is 4.39 Å². The van der Waals surface area contributed by atoms with Gasteiger partial charge < -0.3 is 10.6 Å². The second kappa shape index (κ2) is 6.25. The van der Waals surface area contributed by atoms with E-state index in [9.17, 15) is 9.18 Å². The highest BCUT2D eigenvalue weighted by Gasteiger charge is 2.09. The molecule has 8 nitrogen and oxygen atoms in total. The third kappa shape index (κ3) is 3.19. The van der Waals surface area contributed by atoms with E-state index in [0.29, 0.717) is 0 Å². The summed E-state index contributed by atoms with van der Waals surface area (Å²) < 4.78 is 13.8. The van der Waals surface area contributed by atoms with E-state index >= 15 is 0 Å². The Hall–Kier alpha value is -3.28. The van der Waals surface area contributed by atoms with Gasteiger partial charge in [-0.05, 0) is 23.4 Å². The average Bonchev–Trinajstić information content (AvgIpc) is 3.02. The van der Waals surface area contributed by atoms with E-state index < -0.39 is 5.82 Å². The van der Waals surface area contributed by atoms with Crippen molar-refractivity contribution in [1.82, 2.24) is 25.9 Å². The van der Waals surface area contributed by atoms with Crippen molar-refractivity contribution < 1.29 is 9.18 Å². The number of tetrazole rings is 1. The van der Waals surface area contributed by atoms with Crippen molar-refractivity contribution in [2.24, 2.45) is 0 Å². The summed E-state index contributed by atoms with van der Waals surface area (Å²) in [6.07, 6.45) is 1.25. The van der Waals surface area contributed by atoms with Gasteiger partial charge in [0.15, 0.2) is 0 Å². The molecular formula is C12H10FN7O. The van der Waals surface area contributed by atoms with Gasteiger partial charge in [-0.1, -0.05) is 0 Å². The van der Waals surface area contributed by atoms with Crippen molar-refractivity contribution in [3.05, 3.63) is 41.6 Å². The lowest BCUT2D eigenvalue weighted by atomic mass is 10.2. The minimum Gasteiger partial charge on any atom is -0.358 e. The van der Waals surface area contributed by atoms with E-state index in [1.54, 1.807) is 0 Å². The molecule has 0 bridgehead atoms. The van der Waals surface area contributed by atoms with Gasteiger partial charge in [0.2, 0.25) is 5.82 Å². The lowest BCUT2D eigenvalue weighted by molar-refractivity contribution is 0.0962. The van der Waals surface area contributed by atoms with Crippen LogP contribution in [0.4, 0.5) is 10.1 Å². The number of allylic oxidation sites excluding steroid dienone is 1. The van der Waals surface area contributed by atoms with E-state index in [1.807, 2.05) is 6.07 Å². The van der Waals surface area contributed by atoms with Crippen LogP contribution in [0.1, 0.15) is 16.2 Å². The topological polar surface area (TPSA) is 119 Å². The summed E-state index contributed by atoms with van der Waals surface area (Å²) in [6, 6.07) is 5.80. The van der Waals surface area contributed by atoms with Crippen LogP contribution >= 0.6 is 0 Å². The normalized spacial score (nSPS) is 10.8. The number of hydrogen-bond donors (Lipinski definition) is 3. The first-order chi connectivity index (χ1) is 10.2. The Kier molecular flexibility index (Phi) is 4.20. The number of anilines is 1. The largest absolute Gasteiger partial charge is 0.358 e. The van der Waals surface area contributed by atoms with Crippen molar-refractivity contribution >= 4 is 17.2 Å². The summed E-state index contributed by atoms with van der Waals surface area (Å²) in [5.41, 5.74) is 0.389. The van der Waals surface area contributed by atoms with Crippen LogP contribution in [0, 0.1) is 17.1 Å². The lowest BCUT2D eigenvalue weighted by Crippen LogP contribution is -2.17. The highest BCUT2D eigenvalue weighted by molar-refractivity contribution is 5.94. The van der Waals surface area contributed by atoms with Gasteiger partial charge in [0, 0.05) is 18.8 Å². The third-order valence-corrected chi connectivity index (χ3v) is 2.54. The fraction of sp³-hybridized carbons (Fsp3) is 0.0833. The van der Waals surface area contributed by atoms with Crippen molar-refractivity contribution in [1.29, 1.82) is 5.26 Å². The first-order valence-electron chi connectivity index (χ1n) is 5.78. The van der Waals surface area contributed by atoms with Gasteiger partial charge in [0.05, 0.1) is 5.69 Å². The number of aromatic nitrogens is 4. The number of nitrogens with one attached hydrogen (secondary N) is 3. The first kappa shape index (κ1) is 14.1. The Morgan fingerprint density at radius 1 is 1.52 bits per heavy atom. The monoisotopic (exact) mass is 287 g/mol. The molecule has 1 aromatic carbocycles. The van der Waals surface area contributed by atoms with Gasteiger partial charge in [0.1, 0.15) is 17.5 Å². The second-order valence-electron chi connectivity index (χ2n) is 3.82.